The van der Waals surface area contributed by atoms with E-state index in [0.29, 0.717) is 5.15 Å². The van der Waals surface area contributed by atoms with Gasteiger partial charge in [-0.1, -0.05) is 23.7 Å². The highest BCUT2D eigenvalue weighted by atomic mass is 35.5. The fourth-order valence-corrected chi connectivity index (χ4v) is 2.84. The Morgan fingerprint density at radius 2 is 1.82 bits per heavy atom. The van der Waals surface area contributed by atoms with Crippen LogP contribution in [-0.2, 0) is 12.8 Å². The summed E-state index contributed by atoms with van der Waals surface area (Å²) in [6.45, 7) is 4.41. The van der Waals surface area contributed by atoms with E-state index in [4.69, 9.17) is 21.1 Å². The van der Waals surface area contributed by atoms with Gasteiger partial charge < -0.3 is 20.1 Å². The van der Waals surface area contributed by atoms with E-state index in [1.54, 1.807) is 20.4 Å². The van der Waals surface area contributed by atoms with Gasteiger partial charge in [0.2, 0.25) is 0 Å². The van der Waals surface area contributed by atoms with Gasteiger partial charge >= 0.3 is 0 Å². The lowest BCUT2D eigenvalue weighted by Crippen LogP contribution is -2.38. The number of nitrogens with zero attached hydrogens (tertiary/aromatic N) is 2. The van der Waals surface area contributed by atoms with E-state index in [1.165, 1.54) is 5.56 Å². The highest BCUT2D eigenvalue weighted by molar-refractivity contribution is 6.29. The number of hydrogen-bond acceptors (Lipinski definition) is 4. The van der Waals surface area contributed by atoms with Gasteiger partial charge in [0.25, 0.3) is 0 Å². The van der Waals surface area contributed by atoms with Gasteiger partial charge in [0.1, 0.15) is 5.15 Å². The Balaban J connectivity index is 1.79. The fourth-order valence-electron chi connectivity index (χ4n) is 2.73. The summed E-state index contributed by atoms with van der Waals surface area (Å²) in [5.41, 5.74) is 2.35. The van der Waals surface area contributed by atoms with E-state index in [2.05, 4.69) is 33.6 Å². The van der Waals surface area contributed by atoms with E-state index >= 15 is 0 Å². The normalized spacial score (nSPS) is 11.2. The molecule has 0 aliphatic rings. The van der Waals surface area contributed by atoms with E-state index in [1.807, 2.05) is 24.3 Å². The number of nitrogens with one attached hydrogen (secondary N) is 2. The molecule has 0 spiro atoms. The van der Waals surface area contributed by atoms with Crippen LogP contribution in [0.3, 0.4) is 0 Å². The van der Waals surface area contributed by atoms with Crippen LogP contribution in [0.1, 0.15) is 24.5 Å². The number of pyridine rings is 1. The number of halogens is 1. The zero-order valence-corrected chi connectivity index (χ0v) is 17.6. The molecule has 0 aliphatic carbocycles. The van der Waals surface area contributed by atoms with Gasteiger partial charge in [-0.15, -0.1) is 0 Å². The van der Waals surface area contributed by atoms with Crippen LogP contribution in [0.4, 0.5) is 0 Å². The Kier molecular flexibility index (Phi) is 9.42. The molecule has 0 amide bonds. The number of aryl methyl sites for hydroxylation is 1. The molecule has 0 unspecified atom stereocenters. The molecule has 6 nitrogen and oxygen atoms in total. The second kappa shape index (κ2) is 12.1. The first kappa shape index (κ1) is 21.8. The zero-order chi connectivity index (χ0) is 20.2. The maximum absolute atomic E-state index is 5.82. The van der Waals surface area contributed by atoms with Crippen molar-refractivity contribution < 1.29 is 9.47 Å². The number of ether oxygens (including phenoxy) is 2. The first-order chi connectivity index (χ1) is 13.7. The molecule has 0 bridgehead atoms. The summed E-state index contributed by atoms with van der Waals surface area (Å²) in [6, 6.07) is 9.82. The van der Waals surface area contributed by atoms with Gasteiger partial charge in [0.15, 0.2) is 17.5 Å². The van der Waals surface area contributed by atoms with Crippen LogP contribution in [0.5, 0.6) is 11.5 Å². The average molecular weight is 405 g/mol. The second-order valence-corrected chi connectivity index (χ2v) is 6.61. The second-order valence-electron chi connectivity index (χ2n) is 6.22. The van der Waals surface area contributed by atoms with Crippen molar-refractivity contribution in [1.29, 1.82) is 0 Å². The molecule has 7 heteroatoms. The van der Waals surface area contributed by atoms with Gasteiger partial charge in [-0.3, -0.25) is 4.99 Å². The Morgan fingerprint density at radius 1 is 1.04 bits per heavy atom. The minimum atomic E-state index is 0.515. The van der Waals surface area contributed by atoms with Crippen LogP contribution in [-0.4, -0.2) is 44.8 Å². The number of hydrogen-bond donors (Lipinski definition) is 2. The van der Waals surface area contributed by atoms with E-state index in [9.17, 15) is 0 Å². The maximum Gasteiger partial charge on any atom is 0.191 e. The van der Waals surface area contributed by atoms with Crippen molar-refractivity contribution in [3.63, 3.8) is 0 Å². The Morgan fingerprint density at radius 3 is 2.50 bits per heavy atom. The molecular weight excluding hydrogens is 376 g/mol. The van der Waals surface area contributed by atoms with Crippen molar-refractivity contribution in [2.24, 2.45) is 4.99 Å². The summed E-state index contributed by atoms with van der Waals surface area (Å²) in [6.07, 6.45) is 4.55. The van der Waals surface area contributed by atoms with Crippen molar-refractivity contribution in [2.45, 2.75) is 26.2 Å². The van der Waals surface area contributed by atoms with Crippen molar-refractivity contribution in [3.05, 3.63) is 52.8 Å². The topological polar surface area (TPSA) is 67.8 Å². The Bertz CT molecular complexity index is 751. The number of rotatable bonds is 10. The smallest absolute Gasteiger partial charge is 0.191 e. The predicted octanol–water partition coefficient (Wildman–Crippen LogP) is 3.48. The minimum Gasteiger partial charge on any atom is -0.493 e. The molecule has 0 saturated carbocycles. The molecule has 28 heavy (non-hydrogen) atoms. The molecule has 1 aromatic heterocycles. The quantitative estimate of drug-likeness (QED) is 0.274. The molecular formula is C21H29ClN4O2. The van der Waals surface area contributed by atoms with Crippen LogP contribution in [0.2, 0.25) is 5.15 Å². The summed E-state index contributed by atoms with van der Waals surface area (Å²) in [4.78, 5) is 8.75. The van der Waals surface area contributed by atoms with Crippen LogP contribution in [0, 0.1) is 0 Å². The number of aliphatic imine (C=N–C) groups is 1. The number of guanidine groups is 1. The van der Waals surface area contributed by atoms with Gasteiger partial charge in [-0.25, -0.2) is 4.98 Å². The summed E-state index contributed by atoms with van der Waals surface area (Å²) in [5.74, 6) is 2.34. The van der Waals surface area contributed by atoms with Crippen LogP contribution in [0.25, 0.3) is 0 Å². The van der Waals surface area contributed by atoms with Gasteiger partial charge in [0, 0.05) is 25.8 Å². The standard InChI is InChI=1S/C21H29ClN4O2/c1-4-23-21(25-13-11-17-8-10-20(22)26-15-17)24-12-5-6-16-7-9-18(27-2)19(14-16)28-3/h7-10,14-15H,4-6,11-13H2,1-3H3,(H2,23,24,25). The van der Waals surface area contributed by atoms with Crippen LogP contribution >= 0.6 is 11.6 Å². The molecule has 0 radical (unpaired) electrons. The number of aromatic nitrogens is 1. The highest BCUT2D eigenvalue weighted by Gasteiger charge is 2.04. The van der Waals surface area contributed by atoms with E-state index < -0.39 is 0 Å². The minimum absolute atomic E-state index is 0.515. The molecule has 0 fully saturated rings. The summed E-state index contributed by atoms with van der Waals surface area (Å²) < 4.78 is 10.6. The predicted molar refractivity (Wildman–Crippen MR) is 115 cm³/mol. The van der Waals surface area contributed by atoms with Gasteiger partial charge in [-0.05, 0) is 55.5 Å². The molecule has 152 valence electrons. The molecule has 0 atom stereocenters. The van der Waals surface area contributed by atoms with E-state index in [-0.39, 0.29) is 0 Å². The number of methoxy groups -OCH3 is 2. The molecule has 2 rings (SSSR count). The first-order valence-electron chi connectivity index (χ1n) is 9.49. The van der Waals surface area contributed by atoms with Crippen LogP contribution < -0.4 is 20.1 Å². The first-order valence-corrected chi connectivity index (χ1v) is 9.87. The largest absolute Gasteiger partial charge is 0.493 e. The third-order valence-corrected chi connectivity index (χ3v) is 4.40. The zero-order valence-electron chi connectivity index (χ0n) is 16.8. The molecule has 0 aliphatic heterocycles. The van der Waals surface area contributed by atoms with Crippen LogP contribution in [0.15, 0.2) is 41.5 Å². The van der Waals surface area contributed by atoms with Crippen molar-refractivity contribution >= 4 is 17.6 Å². The molecule has 0 saturated heterocycles. The third-order valence-electron chi connectivity index (χ3n) is 4.18. The summed E-state index contributed by atoms with van der Waals surface area (Å²) in [5, 5.41) is 7.15. The lowest BCUT2D eigenvalue weighted by atomic mass is 10.1. The summed E-state index contributed by atoms with van der Waals surface area (Å²) >= 11 is 5.82. The lowest BCUT2D eigenvalue weighted by Gasteiger charge is -2.11. The van der Waals surface area contributed by atoms with Crippen molar-refractivity contribution in [2.75, 3.05) is 33.9 Å². The number of benzene rings is 1. The molecule has 2 aromatic rings. The van der Waals surface area contributed by atoms with E-state index in [0.717, 1.165) is 61.9 Å². The molecule has 1 heterocycles. The lowest BCUT2D eigenvalue weighted by molar-refractivity contribution is 0.354. The molecule has 1 aromatic carbocycles. The van der Waals surface area contributed by atoms with Gasteiger partial charge in [-0.2, -0.15) is 0 Å². The Labute approximate surface area is 172 Å². The highest BCUT2D eigenvalue weighted by Crippen LogP contribution is 2.27. The third kappa shape index (κ3) is 7.27. The van der Waals surface area contributed by atoms with Gasteiger partial charge in [0.05, 0.1) is 14.2 Å². The molecule has 2 N–H and O–H groups in total. The Hall–Kier alpha value is -2.47. The average Bonchev–Trinajstić information content (AvgIpc) is 2.72. The maximum atomic E-state index is 5.82. The SMILES string of the molecule is CCNC(=NCCCc1ccc(OC)c(OC)c1)NCCc1ccc(Cl)nc1. The monoisotopic (exact) mass is 404 g/mol. The van der Waals surface area contributed by atoms with Crippen molar-refractivity contribution in [3.8, 4) is 11.5 Å². The summed E-state index contributed by atoms with van der Waals surface area (Å²) in [7, 11) is 3.30. The van der Waals surface area contributed by atoms with Crippen molar-refractivity contribution in [1.82, 2.24) is 15.6 Å². The fraction of sp³-hybridized carbons (Fsp3) is 0.429.